The lowest BCUT2D eigenvalue weighted by Crippen LogP contribution is -2.45. The van der Waals surface area contributed by atoms with Crippen LogP contribution >= 0.6 is 0 Å². The SMILES string of the molecule is Cc1ccc(C(=O)NC2CCN(C(C)c3ccncc3)CC2)o1. The molecule has 1 saturated heterocycles. The lowest BCUT2D eigenvalue weighted by Gasteiger charge is -2.36. The smallest absolute Gasteiger partial charge is 0.287 e. The monoisotopic (exact) mass is 313 g/mol. The van der Waals surface area contributed by atoms with Crippen molar-refractivity contribution in [2.45, 2.75) is 38.8 Å². The molecule has 2 aromatic heterocycles. The summed E-state index contributed by atoms with van der Waals surface area (Å²) in [6, 6.07) is 8.27. The summed E-state index contributed by atoms with van der Waals surface area (Å²) >= 11 is 0. The Morgan fingerprint density at radius 2 is 1.96 bits per heavy atom. The number of hydrogen-bond donors (Lipinski definition) is 1. The van der Waals surface area contributed by atoms with Gasteiger partial charge in [-0.15, -0.1) is 0 Å². The van der Waals surface area contributed by atoms with Gasteiger partial charge >= 0.3 is 0 Å². The van der Waals surface area contributed by atoms with Crippen LogP contribution in [0.1, 0.15) is 47.7 Å². The summed E-state index contributed by atoms with van der Waals surface area (Å²) in [5.74, 6) is 1.05. The topological polar surface area (TPSA) is 58.4 Å². The minimum Gasteiger partial charge on any atom is -0.456 e. The number of likely N-dealkylation sites (tertiary alicyclic amines) is 1. The van der Waals surface area contributed by atoms with Gasteiger partial charge in [-0.05, 0) is 56.5 Å². The van der Waals surface area contributed by atoms with Crippen molar-refractivity contribution in [2.24, 2.45) is 0 Å². The Morgan fingerprint density at radius 1 is 1.26 bits per heavy atom. The number of amides is 1. The number of aromatic nitrogens is 1. The van der Waals surface area contributed by atoms with Crippen molar-refractivity contribution in [1.82, 2.24) is 15.2 Å². The Hall–Kier alpha value is -2.14. The van der Waals surface area contributed by atoms with Crippen molar-refractivity contribution in [1.29, 1.82) is 0 Å². The number of nitrogens with zero attached hydrogens (tertiary/aromatic N) is 2. The molecule has 1 atom stereocenters. The second kappa shape index (κ2) is 6.96. The summed E-state index contributed by atoms with van der Waals surface area (Å²) < 4.78 is 5.38. The largest absolute Gasteiger partial charge is 0.456 e. The van der Waals surface area contributed by atoms with Crippen LogP contribution < -0.4 is 5.32 Å². The molecule has 0 aromatic carbocycles. The van der Waals surface area contributed by atoms with Crippen LogP contribution in [0.5, 0.6) is 0 Å². The van der Waals surface area contributed by atoms with Crippen molar-refractivity contribution in [3.05, 3.63) is 53.7 Å². The van der Waals surface area contributed by atoms with Gasteiger partial charge in [-0.25, -0.2) is 0 Å². The second-order valence-electron chi connectivity index (χ2n) is 6.15. The molecule has 1 unspecified atom stereocenters. The van der Waals surface area contributed by atoms with E-state index in [4.69, 9.17) is 4.42 Å². The molecule has 0 saturated carbocycles. The molecular formula is C18H23N3O2. The van der Waals surface area contributed by atoms with Gasteiger partial charge in [-0.2, -0.15) is 0 Å². The number of hydrogen-bond acceptors (Lipinski definition) is 4. The highest BCUT2D eigenvalue weighted by Gasteiger charge is 2.25. The Bertz CT molecular complexity index is 645. The van der Waals surface area contributed by atoms with Gasteiger partial charge in [0.2, 0.25) is 0 Å². The maximum absolute atomic E-state index is 12.1. The summed E-state index contributed by atoms with van der Waals surface area (Å²) in [6.07, 6.45) is 5.59. The van der Waals surface area contributed by atoms with E-state index in [0.29, 0.717) is 11.8 Å². The van der Waals surface area contributed by atoms with E-state index in [1.165, 1.54) is 5.56 Å². The lowest BCUT2D eigenvalue weighted by atomic mass is 10.0. The van der Waals surface area contributed by atoms with Crippen molar-refractivity contribution < 1.29 is 9.21 Å². The Labute approximate surface area is 136 Å². The van der Waals surface area contributed by atoms with Crippen LogP contribution in [0.3, 0.4) is 0 Å². The van der Waals surface area contributed by atoms with Gasteiger partial charge < -0.3 is 9.73 Å². The predicted octanol–water partition coefficient (Wildman–Crippen LogP) is 2.94. The molecule has 1 amide bonds. The highest BCUT2D eigenvalue weighted by Crippen LogP contribution is 2.23. The third-order valence-corrected chi connectivity index (χ3v) is 4.57. The number of nitrogens with one attached hydrogen (secondary N) is 1. The van der Waals surface area contributed by atoms with Crippen LogP contribution in [0.2, 0.25) is 0 Å². The fourth-order valence-corrected chi connectivity index (χ4v) is 3.10. The Balaban J connectivity index is 1.51. The zero-order valence-corrected chi connectivity index (χ0v) is 13.7. The summed E-state index contributed by atoms with van der Waals surface area (Å²) in [5, 5.41) is 3.08. The van der Waals surface area contributed by atoms with Crippen LogP contribution in [0, 0.1) is 6.92 Å². The fraction of sp³-hybridized carbons (Fsp3) is 0.444. The van der Waals surface area contributed by atoms with Gasteiger partial charge in [0, 0.05) is 37.6 Å². The maximum Gasteiger partial charge on any atom is 0.287 e. The molecular weight excluding hydrogens is 290 g/mol. The van der Waals surface area contributed by atoms with E-state index in [0.717, 1.165) is 31.7 Å². The quantitative estimate of drug-likeness (QED) is 0.943. The van der Waals surface area contributed by atoms with Gasteiger partial charge in [0.1, 0.15) is 5.76 Å². The Kier molecular flexibility index (Phi) is 4.76. The van der Waals surface area contributed by atoms with E-state index < -0.39 is 0 Å². The first-order chi connectivity index (χ1) is 11.1. The van der Waals surface area contributed by atoms with E-state index in [-0.39, 0.29) is 11.9 Å². The molecule has 1 aliphatic heterocycles. The van der Waals surface area contributed by atoms with Crippen molar-refractivity contribution in [2.75, 3.05) is 13.1 Å². The molecule has 23 heavy (non-hydrogen) atoms. The van der Waals surface area contributed by atoms with Crippen LogP contribution in [-0.2, 0) is 0 Å². The normalized spacial score (nSPS) is 17.8. The number of pyridine rings is 1. The van der Waals surface area contributed by atoms with Gasteiger partial charge in [0.25, 0.3) is 5.91 Å². The minimum atomic E-state index is -0.112. The molecule has 1 aliphatic rings. The van der Waals surface area contributed by atoms with Gasteiger partial charge in [0.15, 0.2) is 5.76 Å². The number of aryl methyl sites for hydroxylation is 1. The van der Waals surface area contributed by atoms with Crippen LogP contribution in [-0.4, -0.2) is 34.9 Å². The molecule has 0 bridgehead atoms. The van der Waals surface area contributed by atoms with Crippen LogP contribution in [0.15, 0.2) is 41.1 Å². The minimum absolute atomic E-state index is 0.112. The number of furan rings is 1. The average Bonchev–Trinajstić information content (AvgIpc) is 3.02. The Morgan fingerprint density at radius 3 is 2.57 bits per heavy atom. The predicted molar refractivity (Wildman–Crippen MR) is 88.2 cm³/mol. The van der Waals surface area contributed by atoms with Crippen molar-refractivity contribution >= 4 is 5.91 Å². The van der Waals surface area contributed by atoms with E-state index in [1.807, 2.05) is 25.4 Å². The first-order valence-corrected chi connectivity index (χ1v) is 8.15. The third-order valence-electron chi connectivity index (χ3n) is 4.57. The summed E-state index contributed by atoms with van der Waals surface area (Å²) in [5.41, 5.74) is 1.29. The molecule has 3 heterocycles. The highest BCUT2D eigenvalue weighted by atomic mass is 16.3. The zero-order valence-electron chi connectivity index (χ0n) is 13.7. The summed E-state index contributed by atoms with van der Waals surface area (Å²) in [4.78, 5) is 18.7. The van der Waals surface area contributed by atoms with Crippen LogP contribution in [0.25, 0.3) is 0 Å². The maximum atomic E-state index is 12.1. The molecule has 122 valence electrons. The van der Waals surface area contributed by atoms with E-state index in [2.05, 4.69) is 34.3 Å². The van der Waals surface area contributed by atoms with Crippen LogP contribution in [0.4, 0.5) is 0 Å². The molecule has 0 radical (unpaired) electrons. The summed E-state index contributed by atoms with van der Waals surface area (Å²) in [7, 11) is 0. The molecule has 0 aliphatic carbocycles. The third kappa shape index (κ3) is 3.79. The number of carbonyl (C=O) groups excluding carboxylic acids is 1. The molecule has 5 nitrogen and oxygen atoms in total. The van der Waals surface area contributed by atoms with Crippen molar-refractivity contribution in [3.63, 3.8) is 0 Å². The molecule has 1 N–H and O–H groups in total. The molecule has 3 rings (SSSR count). The standard InChI is InChI=1S/C18H23N3O2/c1-13-3-4-17(23-13)18(22)20-16-7-11-21(12-8-16)14(2)15-5-9-19-10-6-15/h3-6,9-10,14,16H,7-8,11-12H2,1-2H3,(H,20,22). The second-order valence-corrected chi connectivity index (χ2v) is 6.15. The first-order valence-electron chi connectivity index (χ1n) is 8.15. The summed E-state index contributed by atoms with van der Waals surface area (Å²) in [6.45, 7) is 6.02. The highest BCUT2D eigenvalue weighted by molar-refractivity contribution is 5.91. The fourth-order valence-electron chi connectivity index (χ4n) is 3.10. The molecule has 1 fully saturated rings. The molecule has 0 spiro atoms. The van der Waals surface area contributed by atoms with E-state index in [1.54, 1.807) is 6.07 Å². The van der Waals surface area contributed by atoms with E-state index >= 15 is 0 Å². The first kappa shape index (κ1) is 15.7. The van der Waals surface area contributed by atoms with E-state index in [9.17, 15) is 4.79 Å². The molecule has 2 aromatic rings. The molecule has 5 heteroatoms. The zero-order chi connectivity index (χ0) is 16.2. The lowest BCUT2D eigenvalue weighted by molar-refractivity contribution is 0.0867. The number of piperidine rings is 1. The van der Waals surface area contributed by atoms with Gasteiger partial charge in [-0.3, -0.25) is 14.7 Å². The number of rotatable bonds is 4. The van der Waals surface area contributed by atoms with Gasteiger partial charge in [-0.1, -0.05) is 0 Å². The van der Waals surface area contributed by atoms with Crippen molar-refractivity contribution in [3.8, 4) is 0 Å². The van der Waals surface area contributed by atoms with Gasteiger partial charge in [0.05, 0.1) is 0 Å². The average molecular weight is 313 g/mol. The number of carbonyl (C=O) groups is 1.